The largest absolute Gasteiger partial charge is 0.493 e. The van der Waals surface area contributed by atoms with Gasteiger partial charge in [-0.05, 0) is 42.8 Å². The summed E-state index contributed by atoms with van der Waals surface area (Å²) in [5.41, 5.74) is 4.83. The lowest BCUT2D eigenvalue weighted by Gasteiger charge is -2.10. The first-order chi connectivity index (χ1) is 11.0. The molecule has 0 fully saturated rings. The molecule has 0 saturated carbocycles. The first-order valence-corrected chi connectivity index (χ1v) is 7.66. The Hall–Kier alpha value is -2.34. The van der Waals surface area contributed by atoms with Crippen LogP contribution in [0.5, 0.6) is 11.5 Å². The molecule has 2 aromatic carbocycles. The highest BCUT2D eigenvalue weighted by Crippen LogP contribution is 2.29. The molecule has 0 aliphatic heterocycles. The van der Waals surface area contributed by atoms with Crippen LogP contribution in [0, 0.1) is 6.92 Å². The smallest absolute Gasteiger partial charge is 0.271 e. The zero-order chi connectivity index (χ0) is 16.8. The fourth-order valence-electron chi connectivity index (χ4n) is 1.99. The van der Waals surface area contributed by atoms with Crippen LogP contribution in [0.4, 0.5) is 0 Å². The van der Waals surface area contributed by atoms with Crippen molar-refractivity contribution in [3.8, 4) is 11.5 Å². The van der Waals surface area contributed by atoms with Crippen LogP contribution in [-0.2, 0) is 0 Å². The predicted molar refractivity (Wildman–Crippen MR) is 93.5 cm³/mol. The zero-order valence-corrected chi connectivity index (χ0v) is 14.7. The summed E-state index contributed by atoms with van der Waals surface area (Å²) in [4.78, 5) is 12.0. The summed E-state index contributed by atoms with van der Waals surface area (Å²) in [5, 5.41) is 4.00. The van der Waals surface area contributed by atoms with Gasteiger partial charge in [0.1, 0.15) is 0 Å². The number of amides is 1. The van der Waals surface area contributed by atoms with Crippen molar-refractivity contribution in [1.82, 2.24) is 5.43 Å². The van der Waals surface area contributed by atoms with Gasteiger partial charge < -0.3 is 9.47 Å². The maximum Gasteiger partial charge on any atom is 0.271 e. The number of rotatable bonds is 5. The van der Waals surface area contributed by atoms with Crippen LogP contribution in [0.15, 0.2) is 46.0 Å². The highest BCUT2D eigenvalue weighted by atomic mass is 79.9. The Morgan fingerprint density at radius 2 is 1.87 bits per heavy atom. The second kappa shape index (κ2) is 7.78. The third-order valence-electron chi connectivity index (χ3n) is 3.23. The van der Waals surface area contributed by atoms with E-state index in [2.05, 4.69) is 26.5 Å². The van der Waals surface area contributed by atoms with E-state index in [0.29, 0.717) is 17.1 Å². The van der Waals surface area contributed by atoms with Crippen molar-refractivity contribution in [3.05, 3.63) is 57.6 Å². The minimum atomic E-state index is -0.277. The van der Waals surface area contributed by atoms with Crippen LogP contribution in [0.3, 0.4) is 0 Å². The van der Waals surface area contributed by atoms with Gasteiger partial charge in [-0.1, -0.05) is 22.0 Å². The molecule has 0 saturated heterocycles. The Morgan fingerprint density at radius 1 is 1.17 bits per heavy atom. The Kier molecular flexibility index (Phi) is 5.76. The zero-order valence-electron chi connectivity index (χ0n) is 13.1. The van der Waals surface area contributed by atoms with Crippen molar-refractivity contribution in [2.75, 3.05) is 14.2 Å². The molecule has 1 N–H and O–H groups in total. The van der Waals surface area contributed by atoms with Gasteiger partial charge in [-0.2, -0.15) is 5.10 Å². The summed E-state index contributed by atoms with van der Waals surface area (Å²) in [6, 6.07) is 10.8. The van der Waals surface area contributed by atoms with E-state index in [1.807, 2.05) is 25.1 Å². The summed E-state index contributed by atoms with van der Waals surface area (Å²) in [6.45, 7) is 1.93. The second-order valence-electron chi connectivity index (χ2n) is 4.77. The molecular formula is C17H17BrN2O3. The number of hydrazone groups is 1. The van der Waals surface area contributed by atoms with Crippen molar-refractivity contribution < 1.29 is 14.3 Å². The van der Waals surface area contributed by atoms with Gasteiger partial charge in [-0.15, -0.1) is 0 Å². The quantitative estimate of drug-likeness (QED) is 0.641. The van der Waals surface area contributed by atoms with E-state index in [1.165, 1.54) is 0 Å². The van der Waals surface area contributed by atoms with Gasteiger partial charge in [0, 0.05) is 15.6 Å². The van der Waals surface area contributed by atoms with Crippen molar-refractivity contribution >= 4 is 28.1 Å². The SMILES string of the molecule is COc1cc(C)c(/C=N\NC(=O)c2cccc(Br)c2)cc1OC. The fourth-order valence-corrected chi connectivity index (χ4v) is 2.39. The van der Waals surface area contributed by atoms with Gasteiger partial charge in [0.05, 0.1) is 20.4 Å². The Bertz CT molecular complexity index is 745. The predicted octanol–water partition coefficient (Wildman–Crippen LogP) is 3.54. The number of aryl methyl sites for hydroxylation is 1. The third-order valence-corrected chi connectivity index (χ3v) is 3.72. The molecule has 2 rings (SSSR count). The number of carbonyl (C=O) groups excluding carboxylic acids is 1. The van der Waals surface area contributed by atoms with Crippen LogP contribution in [0.2, 0.25) is 0 Å². The minimum Gasteiger partial charge on any atom is -0.493 e. The summed E-state index contributed by atoms with van der Waals surface area (Å²) >= 11 is 3.33. The number of benzene rings is 2. The van der Waals surface area contributed by atoms with Crippen LogP contribution in [-0.4, -0.2) is 26.3 Å². The van der Waals surface area contributed by atoms with Crippen LogP contribution < -0.4 is 14.9 Å². The number of hydrogen-bond acceptors (Lipinski definition) is 4. The molecule has 0 unspecified atom stereocenters. The molecule has 0 aromatic heterocycles. The van der Waals surface area contributed by atoms with Gasteiger partial charge in [0.2, 0.25) is 0 Å². The lowest BCUT2D eigenvalue weighted by Crippen LogP contribution is -2.17. The number of hydrogen-bond donors (Lipinski definition) is 1. The first-order valence-electron chi connectivity index (χ1n) is 6.86. The van der Waals surface area contributed by atoms with Gasteiger partial charge in [0.15, 0.2) is 11.5 Å². The molecule has 0 aliphatic carbocycles. The average Bonchev–Trinajstić information content (AvgIpc) is 2.55. The molecule has 0 radical (unpaired) electrons. The molecule has 2 aromatic rings. The highest BCUT2D eigenvalue weighted by molar-refractivity contribution is 9.10. The first kappa shape index (κ1) is 17.0. The van der Waals surface area contributed by atoms with Gasteiger partial charge in [0.25, 0.3) is 5.91 Å². The molecule has 23 heavy (non-hydrogen) atoms. The van der Waals surface area contributed by atoms with Crippen LogP contribution in [0.25, 0.3) is 0 Å². The van der Waals surface area contributed by atoms with E-state index in [4.69, 9.17) is 9.47 Å². The van der Waals surface area contributed by atoms with E-state index >= 15 is 0 Å². The van der Waals surface area contributed by atoms with Crippen molar-refractivity contribution in [2.24, 2.45) is 5.10 Å². The highest BCUT2D eigenvalue weighted by Gasteiger charge is 2.08. The topological polar surface area (TPSA) is 59.9 Å². The van der Waals surface area contributed by atoms with E-state index < -0.39 is 0 Å². The Labute approximate surface area is 143 Å². The normalized spacial score (nSPS) is 10.6. The third kappa shape index (κ3) is 4.32. The molecule has 1 amide bonds. The molecule has 0 bridgehead atoms. The lowest BCUT2D eigenvalue weighted by atomic mass is 10.1. The van der Waals surface area contributed by atoms with Crippen LogP contribution in [0.1, 0.15) is 21.5 Å². The van der Waals surface area contributed by atoms with Gasteiger partial charge >= 0.3 is 0 Å². The molecule has 0 atom stereocenters. The van der Waals surface area contributed by atoms with Crippen molar-refractivity contribution in [3.63, 3.8) is 0 Å². The summed E-state index contributed by atoms with van der Waals surface area (Å²) in [5.74, 6) is 0.985. The Balaban J connectivity index is 2.13. The molecule has 0 aliphatic rings. The summed E-state index contributed by atoms with van der Waals surface area (Å²) in [7, 11) is 3.16. The molecule has 5 nitrogen and oxygen atoms in total. The van der Waals surface area contributed by atoms with E-state index in [9.17, 15) is 4.79 Å². The molecule has 120 valence electrons. The van der Waals surface area contributed by atoms with Crippen molar-refractivity contribution in [1.29, 1.82) is 0 Å². The molecule has 0 spiro atoms. The molecule has 6 heteroatoms. The Morgan fingerprint density at radius 3 is 2.52 bits per heavy atom. The monoisotopic (exact) mass is 376 g/mol. The number of ether oxygens (including phenoxy) is 2. The average molecular weight is 377 g/mol. The lowest BCUT2D eigenvalue weighted by molar-refractivity contribution is 0.0955. The van der Waals surface area contributed by atoms with E-state index in [1.54, 1.807) is 38.6 Å². The van der Waals surface area contributed by atoms with Gasteiger partial charge in [-0.25, -0.2) is 5.43 Å². The summed E-state index contributed by atoms with van der Waals surface area (Å²) in [6.07, 6.45) is 1.58. The fraction of sp³-hybridized carbons (Fsp3) is 0.176. The maximum absolute atomic E-state index is 12.0. The van der Waals surface area contributed by atoms with Crippen LogP contribution >= 0.6 is 15.9 Å². The van der Waals surface area contributed by atoms with E-state index in [-0.39, 0.29) is 5.91 Å². The number of methoxy groups -OCH3 is 2. The molecule has 0 heterocycles. The molecular weight excluding hydrogens is 360 g/mol. The number of nitrogens with one attached hydrogen (secondary N) is 1. The number of halogens is 1. The second-order valence-corrected chi connectivity index (χ2v) is 5.69. The van der Waals surface area contributed by atoms with E-state index in [0.717, 1.165) is 15.6 Å². The van der Waals surface area contributed by atoms with Gasteiger partial charge in [-0.3, -0.25) is 4.79 Å². The standard InChI is InChI=1S/C17H17BrN2O3/c1-11-7-15(22-2)16(23-3)9-13(11)10-19-20-17(21)12-5-4-6-14(18)8-12/h4-10H,1-3H3,(H,20,21)/b19-10-. The number of nitrogens with zero attached hydrogens (tertiary/aromatic N) is 1. The number of carbonyl (C=O) groups is 1. The minimum absolute atomic E-state index is 0.277. The maximum atomic E-state index is 12.0. The summed E-state index contributed by atoms with van der Waals surface area (Å²) < 4.78 is 11.3. The van der Waals surface area contributed by atoms with Crippen molar-refractivity contribution in [2.45, 2.75) is 6.92 Å².